The van der Waals surface area contributed by atoms with Crippen LogP contribution >= 0.6 is 11.3 Å². The Balaban J connectivity index is 1.60. The van der Waals surface area contributed by atoms with Gasteiger partial charge in [0, 0.05) is 28.9 Å². The highest BCUT2D eigenvalue weighted by Gasteiger charge is 2.25. The number of nitrogens with zero attached hydrogens (tertiary/aromatic N) is 1. The van der Waals surface area contributed by atoms with Crippen molar-refractivity contribution in [2.75, 3.05) is 27.2 Å². The van der Waals surface area contributed by atoms with Crippen molar-refractivity contribution in [3.63, 3.8) is 0 Å². The molecule has 0 saturated heterocycles. The van der Waals surface area contributed by atoms with Gasteiger partial charge in [-0.25, -0.2) is 0 Å². The summed E-state index contributed by atoms with van der Waals surface area (Å²) in [6, 6.07) is 5.18. The molecule has 17 heavy (non-hydrogen) atoms. The molecule has 1 aromatic rings. The lowest BCUT2D eigenvalue weighted by molar-refractivity contribution is 0.0995. The summed E-state index contributed by atoms with van der Waals surface area (Å²) >= 11 is 1.83. The van der Waals surface area contributed by atoms with Crippen molar-refractivity contribution in [2.45, 2.75) is 32.0 Å². The van der Waals surface area contributed by atoms with Gasteiger partial charge in [0.2, 0.25) is 0 Å². The first-order chi connectivity index (χ1) is 8.29. The van der Waals surface area contributed by atoms with Crippen LogP contribution in [-0.4, -0.2) is 38.2 Å². The van der Waals surface area contributed by atoms with Crippen LogP contribution < -0.4 is 5.32 Å². The van der Waals surface area contributed by atoms with Crippen LogP contribution in [0.2, 0.25) is 0 Å². The molecule has 0 bridgehead atoms. The highest BCUT2D eigenvalue weighted by Crippen LogP contribution is 2.24. The molecule has 1 aliphatic rings. The quantitative estimate of drug-likeness (QED) is 0.719. The third-order valence-corrected chi connectivity index (χ3v) is 4.13. The second-order valence-electron chi connectivity index (χ2n) is 4.66. The lowest BCUT2D eigenvalue weighted by atomic mass is 10.4. The fourth-order valence-corrected chi connectivity index (χ4v) is 2.82. The predicted octanol–water partition coefficient (Wildman–Crippen LogP) is 2.08. The summed E-state index contributed by atoms with van der Waals surface area (Å²) in [4.78, 5) is 5.10. The zero-order valence-electron chi connectivity index (χ0n) is 10.7. The van der Waals surface area contributed by atoms with Crippen molar-refractivity contribution in [3.8, 4) is 0 Å². The second-order valence-corrected chi connectivity index (χ2v) is 5.92. The number of thiophene rings is 1. The average Bonchev–Trinajstić information content (AvgIpc) is 3.08. The van der Waals surface area contributed by atoms with Gasteiger partial charge in [0.15, 0.2) is 0 Å². The van der Waals surface area contributed by atoms with Crippen LogP contribution in [-0.2, 0) is 17.9 Å². The number of hydrogen-bond donors (Lipinski definition) is 1. The van der Waals surface area contributed by atoms with Crippen LogP contribution in [0, 0.1) is 0 Å². The Kier molecular flexibility index (Phi) is 4.98. The molecule has 1 aliphatic carbocycles. The summed E-state index contributed by atoms with van der Waals surface area (Å²) in [6.45, 7) is 3.60. The maximum atomic E-state index is 5.71. The molecule has 0 aliphatic heterocycles. The maximum Gasteiger partial charge on any atom is 0.0810 e. The summed E-state index contributed by atoms with van der Waals surface area (Å²) in [5.74, 6) is 0. The lowest BCUT2D eigenvalue weighted by Crippen LogP contribution is -2.25. The van der Waals surface area contributed by atoms with Crippen LogP contribution in [0.15, 0.2) is 12.1 Å². The van der Waals surface area contributed by atoms with Crippen LogP contribution in [0.5, 0.6) is 0 Å². The minimum atomic E-state index is 0.757. The molecule has 0 spiro atoms. The number of nitrogens with one attached hydrogen (secondary N) is 1. The van der Waals surface area contributed by atoms with E-state index in [9.17, 15) is 0 Å². The summed E-state index contributed by atoms with van der Waals surface area (Å²) in [5.41, 5.74) is 0. The van der Waals surface area contributed by atoms with Crippen LogP contribution in [0.25, 0.3) is 0 Å². The van der Waals surface area contributed by atoms with Crippen molar-refractivity contribution < 1.29 is 4.74 Å². The van der Waals surface area contributed by atoms with Gasteiger partial charge in [0.1, 0.15) is 0 Å². The molecule has 1 N–H and O–H groups in total. The van der Waals surface area contributed by atoms with Gasteiger partial charge in [-0.05, 0) is 39.1 Å². The first-order valence-corrected chi connectivity index (χ1v) is 7.11. The third-order valence-electron chi connectivity index (χ3n) is 3.07. The van der Waals surface area contributed by atoms with Crippen molar-refractivity contribution in [1.29, 1.82) is 0 Å². The van der Waals surface area contributed by atoms with E-state index >= 15 is 0 Å². The first-order valence-electron chi connectivity index (χ1n) is 6.30. The predicted molar refractivity (Wildman–Crippen MR) is 72.4 cm³/mol. The zero-order valence-corrected chi connectivity index (χ0v) is 11.6. The van der Waals surface area contributed by atoms with Gasteiger partial charge in [0.05, 0.1) is 13.2 Å². The molecule has 1 heterocycles. The van der Waals surface area contributed by atoms with E-state index in [1.54, 1.807) is 0 Å². The van der Waals surface area contributed by atoms with Crippen molar-refractivity contribution in [1.82, 2.24) is 10.2 Å². The van der Waals surface area contributed by atoms with E-state index < -0.39 is 0 Å². The van der Waals surface area contributed by atoms with E-state index in [1.807, 2.05) is 18.4 Å². The summed E-state index contributed by atoms with van der Waals surface area (Å²) in [6.07, 6.45) is 2.74. The van der Waals surface area contributed by atoms with Gasteiger partial charge in [0.25, 0.3) is 0 Å². The van der Waals surface area contributed by atoms with Crippen molar-refractivity contribution in [3.05, 3.63) is 21.9 Å². The molecular formula is C13H22N2OS. The molecule has 4 heteroatoms. The minimum absolute atomic E-state index is 0.757. The normalized spacial score (nSPS) is 15.7. The topological polar surface area (TPSA) is 24.5 Å². The monoisotopic (exact) mass is 254 g/mol. The molecule has 96 valence electrons. The molecule has 1 aromatic heterocycles. The van der Waals surface area contributed by atoms with Crippen LogP contribution in [0.3, 0.4) is 0 Å². The fraction of sp³-hybridized carbons (Fsp3) is 0.692. The van der Waals surface area contributed by atoms with Gasteiger partial charge in [-0.2, -0.15) is 0 Å². The van der Waals surface area contributed by atoms with Gasteiger partial charge in [-0.3, -0.25) is 0 Å². The van der Waals surface area contributed by atoms with Crippen molar-refractivity contribution >= 4 is 11.3 Å². The van der Waals surface area contributed by atoms with E-state index in [1.165, 1.54) is 22.6 Å². The molecule has 0 atom stereocenters. The standard InChI is InChI=1S/C13H22N2OS/c1-14-9-12-5-6-13(17-12)10-16-8-7-15(2)11-3-4-11/h5-6,11,14H,3-4,7-10H2,1-2H3. The molecule has 2 rings (SSSR count). The molecule has 1 fully saturated rings. The lowest BCUT2D eigenvalue weighted by Gasteiger charge is -2.14. The van der Waals surface area contributed by atoms with Gasteiger partial charge in [-0.1, -0.05) is 0 Å². The van der Waals surface area contributed by atoms with Gasteiger partial charge < -0.3 is 15.0 Å². The molecule has 0 aromatic carbocycles. The Morgan fingerprint density at radius 1 is 1.41 bits per heavy atom. The molecule has 0 radical (unpaired) electrons. The first kappa shape index (κ1) is 13.0. The number of hydrogen-bond acceptors (Lipinski definition) is 4. The summed E-state index contributed by atoms with van der Waals surface area (Å²) in [5, 5.41) is 3.16. The Labute approximate surface area is 108 Å². The Morgan fingerprint density at radius 3 is 2.88 bits per heavy atom. The Bertz CT molecular complexity index is 336. The molecule has 0 amide bonds. The SMILES string of the molecule is CNCc1ccc(COCCN(C)C2CC2)s1. The van der Waals surface area contributed by atoms with Crippen molar-refractivity contribution in [2.24, 2.45) is 0 Å². The van der Waals surface area contributed by atoms with Gasteiger partial charge in [-0.15, -0.1) is 11.3 Å². The Hall–Kier alpha value is -0.420. The number of rotatable bonds is 8. The summed E-state index contributed by atoms with van der Waals surface area (Å²) in [7, 11) is 4.17. The molecule has 1 saturated carbocycles. The molecule has 3 nitrogen and oxygen atoms in total. The third kappa shape index (κ3) is 4.39. The van der Waals surface area contributed by atoms with E-state index in [4.69, 9.17) is 4.74 Å². The smallest absolute Gasteiger partial charge is 0.0810 e. The average molecular weight is 254 g/mol. The van der Waals surface area contributed by atoms with E-state index in [2.05, 4.69) is 29.4 Å². The molecule has 0 unspecified atom stereocenters. The Morgan fingerprint density at radius 2 is 2.18 bits per heavy atom. The maximum absolute atomic E-state index is 5.71. The largest absolute Gasteiger partial charge is 0.375 e. The second kappa shape index (κ2) is 6.50. The minimum Gasteiger partial charge on any atom is -0.375 e. The van der Waals surface area contributed by atoms with Gasteiger partial charge >= 0.3 is 0 Å². The van der Waals surface area contributed by atoms with Crippen LogP contribution in [0.4, 0.5) is 0 Å². The van der Waals surface area contributed by atoms with E-state index in [0.717, 1.165) is 32.3 Å². The highest BCUT2D eigenvalue weighted by atomic mass is 32.1. The van der Waals surface area contributed by atoms with Crippen LogP contribution in [0.1, 0.15) is 22.6 Å². The summed E-state index contributed by atoms with van der Waals surface area (Å²) < 4.78 is 5.71. The highest BCUT2D eigenvalue weighted by molar-refractivity contribution is 7.11. The molecular weight excluding hydrogens is 232 g/mol. The zero-order chi connectivity index (χ0) is 12.1. The fourth-order valence-electron chi connectivity index (χ4n) is 1.85. The van der Waals surface area contributed by atoms with E-state index in [-0.39, 0.29) is 0 Å². The number of ether oxygens (including phenoxy) is 1. The van der Waals surface area contributed by atoms with E-state index in [0.29, 0.717) is 0 Å². The number of likely N-dealkylation sites (N-methyl/N-ethyl adjacent to an activating group) is 1.